The Morgan fingerprint density at radius 1 is 1.35 bits per heavy atom. The Labute approximate surface area is 120 Å². The van der Waals surface area contributed by atoms with Crippen LogP contribution in [0.4, 0.5) is 0 Å². The molecule has 0 radical (unpaired) electrons. The molecule has 0 aliphatic rings. The molecule has 0 aliphatic heterocycles. The molecular formula is C16H23N3O. The number of nitrogens with two attached hydrogens (primary N) is 1. The highest BCUT2D eigenvalue weighted by atomic mass is 16.5. The first-order valence-corrected chi connectivity index (χ1v) is 7.09. The third-order valence-electron chi connectivity index (χ3n) is 3.92. The lowest BCUT2D eigenvalue weighted by Crippen LogP contribution is -2.46. The average molecular weight is 273 g/mol. The second-order valence-electron chi connectivity index (χ2n) is 5.15. The summed E-state index contributed by atoms with van der Waals surface area (Å²) in [5.74, 6) is 5.79. The van der Waals surface area contributed by atoms with Gasteiger partial charge in [-0.05, 0) is 38.0 Å². The molecule has 3 N–H and O–H groups in total. The number of fused-ring (bicyclic) bond motifs is 1. The van der Waals surface area contributed by atoms with Gasteiger partial charge in [0, 0.05) is 18.2 Å². The van der Waals surface area contributed by atoms with E-state index < -0.39 is 0 Å². The Bertz CT molecular complexity index is 572. The molecule has 20 heavy (non-hydrogen) atoms. The number of nitrogens with one attached hydrogen (secondary N) is 1. The molecule has 2 atom stereocenters. The summed E-state index contributed by atoms with van der Waals surface area (Å²) in [6, 6.07) is 10.2. The molecule has 2 aromatic rings. The van der Waals surface area contributed by atoms with Gasteiger partial charge in [0.1, 0.15) is 0 Å². The SMILES string of the molecule is CCOC(C)(CC)C(NN)c1ccc2cccnc2c1. The second-order valence-corrected chi connectivity index (χ2v) is 5.15. The van der Waals surface area contributed by atoms with Gasteiger partial charge in [-0.3, -0.25) is 16.3 Å². The molecule has 4 heteroatoms. The lowest BCUT2D eigenvalue weighted by molar-refractivity contribution is -0.0563. The molecule has 0 spiro atoms. The number of ether oxygens (including phenoxy) is 1. The predicted octanol–water partition coefficient (Wildman–Crippen LogP) is 2.94. The van der Waals surface area contributed by atoms with Crippen molar-refractivity contribution in [2.24, 2.45) is 5.84 Å². The number of hydrogen-bond donors (Lipinski definition) is 2. The van der Waals surface area contributed by atoms with Crippen LogP contribution in [0, 0.1) is 0 Å². The quantitative estimate of drug-likeness (QED) is 0.627. The van der Waals surface area contributed by atoms with Crippen LogP contribution in [0.15, 0.2) is 36.5 Å². The minimum absolute atomic E-state index is 0.0705. The molecule has 2 unspecified atom stereocenters. The van der Waals surface area contributed by atoms with Gasteiger partial charge in [0.15, 0.2) is 0 Å². The first kappa shape index (κ1) is 14.9. The van der Waals surface area contributed by atoms with E-state index in [2.05, 4.69) is 48.5 Å². The van der Waals surface area contributed by atoms with Crippen LogP contribution in [-0.4, -0.2) is 17.2 Å². The summed E-state index contributed by atoms with van der Waals surface area (Å²) in [5.41, 5.74) is 4.63. The van der Waals surface area contributed by atoms with Crippen molar-refractivity contribution < 1.29 is 4.74 Å². The minimum atomic E-state index is -0.341. The molecule has 4 nitrogen and oxygen atoms in total. The number of nitrogens with zero attached hydrogens (tertiary/aromatic N) is 1. The van der Waals surface area contributed by atoms with E-state index in [1.165, 1.54) is 0 Å². The van der Waals surface area contributed by atoms with Crippen molar-refractivity contribution in [2.45, 2.75) is 38.8 Å². The second kappa shape index (κ2) is 6.31. The summed E-state index contributed by atoms with van der Waals surface area (Å²) in [6.45, 7) is 6.86. The van der Waals surface area contributed by atoms with Crippen molar-refractivity contribution in [1.29, 1.82) is 0 Å². The largest absolute Gasteiger partial charge is 0.374 e. The zero-order valence-electron chi connectivity index (χ0n) is 12.4. The standard InChI is InChI=1S/C16H23N3O/c1-4-16(3,20-5-2)15(19-17)13-9-8-12-7-6-10-18-14(12)11-13/h6-11,15,19H,4-5,17H2,1-3H3. The number of aromatic nitrogens is 1. The fraction of sp³-hybridized carbons (Fsp3) is 0.438. The zero-order chi connectivity index (χ0) is 14.6. The Morgan fingerprint density at radius 2 is 2.15 bits per heavy atom. The topological polar surface area (TPSA) is 60.2 Å². The van der Waals surface area contributed by atoms with E-state index in [1.54, 1.807) is 6.20 Å². The van der Waals surface area contributed by atoms with Crippen molar-refractivity contribution in [2.75, 3.05) is 6.61 Å². The highest BCUT2D eigenvalue weighted by molar-refractivity contribution is 5.79. The smallest absolute Gasteiger partial charge is 0.0858 e. The van der Waals surface area contributed by atoms with E-state index >= 15 is 0 Å². The summed E-state index contributed by atoms with van der Waals surface area (Å²) < 4.78 is 5.94. The number of hydrogen-bond acceptors (Lipinski definition) is 4. The first-order chi connectivity index (χ1) is 9.64. The summed E-state index contributed by atoms with van der Waals surface area (Å²) in [6.07, 6.45) is 2.68. The van der Waals surface area contributed by atoms with Crippen LogP contribution in [0.25, 0.3) is 10.9 Å². The van der Waals surface area contributed by atoms with Crippen molar-refractivity contribution in [3.8, 4) is 0 Å². The van der Waals surface area contributed by atoms with Crippen LogP contribution in [0.1, 0.15) is 38.8 Å². The highest BCUT2D eigenvalue weighted by Crippen LogP contribution is 2.32. The van der Waals surface area contributed by atoms with Gasteiger partial charge >= 0.3 is 0 Å². The van der Waals surface area contributed by atoms with E-state index in [4.69, 9.17) is 10.6 Å². The molecular weight excluding hydrogens is 250 g/mol. The molecule has 0 aliphatic carbocycles. The normalized spacial score (nSPS) is 16.0. The fourth-order valence-corrected chi connectivity index (χ4v) is 2.61. The fourth-order valence-electron chi connectivity index (χ4n) is 2.61. The number of rotatable bonds is 6. The number of hydrazine groups is 1. The molecule has 0 saturated carbocycles. The highest BCUT2D eigenvalue weighted by Gasteiger charge is 2.33. The van der Waals surface area contributed by atoms with Crippen LogP contribution < -0.4 is 11.3 Å². The van der Waals surface area contributed by atoms with E-state index in [9.17, 15) is 0 Å². The van der Waals surface area contributed by atoms with Crippen LogP contribution in [-0.2, 0) is 4.74 Å². The van der Waals surface area contributed by atoms with Gasteiger partial charge in [0.25, 0.3) is 0 Å². The third kappa shape index (κ3) is 2.82. The maximum atomic E-state index is 5.94. The van der Waals surface area contributed by atoms with Crippen LogP contribution in [0.2, 0.25) is 0 Å². The van der Waals surface area contributed by atoms with Gasteiger partial charge in [-0.15, -0.1) is 0 Å². The minimum Gasteiger partial charge on any atom is -0.374 e. The average Bonchev–Trinajstić information content (AvgIpc) is 2.48. The van der Waals surface area contributed by atoms with Gasteiger partial charge in [0.05, 0.1) is 17.2 Å². The molecule has 0 fully saturated rings. The maximum Gasteiger partial charge on any atom is 0.0858 e. The zero-order valence-corrected chi connectivity index (χ0v) is 12.4. The lowest BCUT2D eigenvalue weighted by Gasteiger charge is -2.36. The Hall–Kier alpha value is -1.49. The van der Waals surface area contributed by atoms with Crippen LogP contribution >= 0.6 is 0 Å². The van der Waals surface area contributed by atoms with E-state index in [-0.39, 0.29) is 11.6 Å². The molecule has 1 aromatic heterocycles. The Balaban J connectivity index is 2.42. The van der Waals surface area contributed by atoms with E-state index in [1.807, 2.05) is 13.0 Å². The van der Waals surface area contributed by atoms with Crippen molar-refractivity contribution in [1.82, 2.24) is 10.4 Å². The van der Waals surface area contributed by atoms with Crippen LogP contribution in [0.3, 0.4) is 0 Å². The maximum absolute atomic E-state index is 5.94. The van der Waals surface area contributed by atoms with Crippen molar-refractivity contribution in [3.05, 3.63) is 42.1 Å². The third-order valence-corrected chi connectivity index (χ3v) is 3.92. The monoisotopic (exact) mass is 273 g/mol. The molecule has 108 valence electrons. The lowest BCUT2D eigenvalue weighted by atomic mass is 9.87. The first-order valence-electron chi connectivity index (χ1n) is 7.09. The van der Waals surface area contributed by atoms with Crippen LogP contribution in [0.5, 0.6) is 0 Å². The van der Waals surface area contributed by atoms with Gasteiger partial charge < -0.3 is 4.74 Å². The van der Waals surface area contributed by atoms with Gasteiger partial charge in [-0.2, -0.15) is 0 Å². The Kier molecular flexibility index (Phi) is 4.70. The predicted molar refractivity (Wildman–Crippen MR) is 82.1 cm³/mol. The molecule has 2 rings (SSSR count). The van der Waals surface area contributed by atoms with E-state index in [0.29, 0.717) is 6.61 Å². The number of benzene rings is 1. The summed E-state index contributed by atoms with van der Waals surface area (Å²) in [5, 5.41) is 1.13. The van der Waals surface area contributed by atoms with Gasteiger partial charge in [-0.1, -0.05) is 25.1 Å². The van der Waals surface area contributed by atoms with Crippen molar-refractivity contribution >= 4 is 10.9 Å². The summed E-state index contributed by atoms with van der Waals surface area (Å²) >= 11 is 0. The van der Waals surface area contributed by atoms with Crippen molar-refractivity contribution in [3.63, 3.8) is 0 Å². The van der Waals surface area contributed by atoms with E-state index in [0.717, 1.165) is 22.9 Å². The molecule has 1 aromatic carbocycles. The molecule has 0 saturated heterocycles. The van der Waals surface area contributed by atoms with Gasteiger partial charge in [-0.25, -0.2) is 0 Å². The summed E-state index contributed by atoms with van der Waals surface area (Å²) in [4.78, 5) is 4.40. The van der Waals surface area contributed by atoms with Gasteiger partial charge in [0.2, 0.25) is 0 Å². The molecule has 0 bridgehead atoms. The summed E-state index contributed by atoms with van der Waals surface area (Å²) in [7, 11) is 0. The molecule has 0 amide bonds. The molecule has 1 heterocycles. The number of pyridine rings is 1. The Morgan fingerprint density at radius 3 is 2.80 bits per heavy atom.